The Bertz CT molecular complexity index is 410. The van der Waals surface area contributed by atoms with Crippen molar-refractivity contribution in [2.75, 3.05) is 5.33 Å². The molecule has 5 heteroatoms. The first-order chi connectivity index (χ1) is 7.30. The van der Waals surface area contributed by atoms with Crippen molar-refractivity contribution in [2.24, 2.45) is 9.98 Å². The molecule has 76 valence electrons. The molecule has 0 amide bonds. The summed E-state index contributed by atoms with van der Waals surface area (Å²) in [4.78, 5) is 27.2. The molecule has 0 spiro atoms. The van der Waals surface area contributed by atoms with Crippen LogP contribution in [0.5, 0.6) is 0 Å². The van der Waals surface area contributed by atoms with Gasteiger partial charge in [-0.1, -0.05) is 15.9 Å². The van der Waals surface area contributed by atoms with Crippen molar-refractivity contribution in [3.05, 3.63) is 23.8 Å². The number of alkyl halides is 1. The molecule has 0 aromatic heterocycles. The maximum absolute atomic E-state index is 10.1. The summed E-state index contributed by atoms with van der Waals surface area (Å²) in [7, 11) is 0. The van der Waals surface area contributed by atoms with Gasteiger partial charge in [0.1, 0.15) is 0 Å². The largest absolute Gasteiger partial charge is 0.240 e. The zero-order chi connectivity index (χ0) is 11.1. The highest BCUT2D eigenvalue weighted by molar-refractivity contribution is 9.09. The average molecular weight is 267 g/mol. The molecule has 4 nitrogen and oxygen atoms in total. The average Bonchev–Trinajstić information content (AvgIpc) is 2.19. The normalized spacial score (nSPS) is 8.87. The molecule has 0 radical (unpaired) electrons. The Kier molecular flexibility index (Phi) is 4.64. The third-order valence-electron chi connectivity index (χ3n) is 1.69. The molecule has 0 heterocycles. The number of benzene rings is 1. The molecule has 1 aromatic carbocycles. The number of hydrogen-bond acceptors (Lipinski definition) is 4. The summed E-state index contributed by atoms with van der Waals surface area (Å²) in [5.74, 6) is 0. The van der Waals surface area contributed by atoms with Crippen LogP contribution < -0.4 is 0 Å². The molecule has 0 fully saturated rings. The Hall–Kier alpha value is -1.54. The lowest BCUT2D eigenvalue weighted by molar-refractivity contribution is 0.565. The van der Waals surface area contributed by atoms with Crippen LogP contribution in [0, 0.1) is 0 Å². The quantitative estimate of drug-likeness (QED) is 0.478. The fourth-order valence-electron chi connectivity index (χ4n) is 1.14. The van der Waals surface area contributed by atoms with Gasteiger partial charge in [0.25, 0.3) is 0 Å². The zero-order valence-electron chi connectivity index (χ0n) is 7.74. The van der Waals surface area contributed by atoms with E-state index in [1.54, 1.807) is 12.1 Å². The molecule has 0 bridgehead atoms. The van der Waals surface area contributed by atoms with Crippen LogP contribution in [0.1, 0.15) is 5.56 Å². The van der Waals surface area contributed by atoms with Gasteiger partial charge in [-0.15, -0.1) is 0 Å². The van der Waals surface area contributed by atoms with Crippen molar-refractivity contribution in [1.29, 1.82) is 0 Å². The van der Waals surface area contributed by atoms with E-state index in [0.29, 0.717) is 11.4 Å². The van der Waals surface area contributed by atoms with E-state index in [9.17, 15) is 9.59 Å². The molecule has 15 heavy (non-hydrogen) atoms. The lowest BCUT2D eigenvalue weighted by Crippen LogP contribution is -1.84. The van der Waals surface area contributed by atoms with Gasteiger partial charge in [0.15, 0.2) is 0 Å². The van der Waals surface area contributed by atoms with E-state index in [0.717, 1.165) is 17.3 Å². The van der Waals surface area contributed by atoms with Gasteiger partial charge < -0.3 is 0 Å². The maximum Gasteiger partial charge on any atom is 0.240 e. The minimum absolute atomic E-state index is 0.442. The monoisotopic (exact) mass is 266 g/mol. The third kappa shape index (κ3) is 3.60. The Morgan fingerprint density at radius 3 is 2.00 bits per heavy atom. The second-order valence-electron chi connectivity index (χ2n) is 2.70. The van der Waals surface area contributed by atoms with Gasteiger partial charge in [-0.2, -0.15) is 9.98 Å². The van der Waals surface area contributed by atoms with Crippen LogP contribution in [-0.2, 0) is 16.0 Å². The van der Waals surface area contributed by atoms with Crippen LogP contribution in [0.4, 0.5) is 11.4 Å². The van der Waals surface area contributed by atoms with Gasteiger partial charge >= 0.3 is 0 Å². The smallest absolute Gasteiger partial charge is 0.211 e. The first-order valence-corrected chi connectivity index (χ1v) is 5.28. The van der Waals surface area contributed by atoms with Crippen molar-refractivity contribution >= 4 is 39.5 Å². The molecule has 1 rings (SSSR count). The van der Waals surface area contributed by atoms with Gasteiger partial charge in [0, 0.05) is 5.33 Å². The van der Waals surface area contributed by atoms with E-state index < -0.39 is 0 Å². The Morgan fingerprint density at radius 2 is 1.60 bits per heavy atom. The van der Waals surface area contributed by atoms with Crippen molar-refractivity contribution < 1.29 is 9.59 Å². The SMILES string of the molecule is O=C=Nc1cc(CCBr)cc(N=C=O)c1. The fourth-order valence-corrected chi connectivity index (χ4v) is 1.60. The number of carbonyl (C=O) groups excluding carboxylic acids is 2. The van der Waals surface area contributed by atoms with Crippen LogP contribution >= 0.6 is 15.9 Å². The van der Waals surface area contributed by atoms with Crippen molar-refractivity contribution in [3.8, 4) is 0 Å². The van der Waals surface area contributed by atoms with Crippen molar-refractivity contribution in [1.82, 2.24) is 0 Å². The van der Waals surface area contributed by atoms with E-state index >= 15 is 0 Å². The van der Waals surface area contributed by atoms with E-state index in [1.807, 2.05) is 0 Å². The van der Waals surface area contributed by atoms with Crippen LogP contribution in [0.2, 0.25) is 0 Å². The Morgan fingerprint density at radius 1 is 1.07 bits per heavy atom. The second-order valence-corrected chi connectivity index (χ2v) is 3.50. The number of isocyanates is 2. The minimum atomic E-state index is 0.442. The summed E-state index contributed by atoms with van der Waals surface area (Å²) in [6.07, 6.45) is 3.66. The highest BCUT2D eigenvalue weighted by Gasteiger charge is 1.99. The van der Waals surface area contributed by atoms with E-state index in [-0.39, 0.29) is 0 Å². The topological polar surface area (TPSA) is 58.9 Å². The summed E-state index contributed by atoms with van der Waals surface area (Å²) >= 11 is 3.30. The summed E-state index contributed by atoms with van der Waals surface area (Å²) in [6.45, 7) is 0. The Balaban J connectivity index is 3.18. The first kappa shape index (κ1) is 11.5. The number of rotatable bonds is 4. The molecule has 0 atom stereocenters. The van der Waals surface area contributed by atoms with Crippen LogP contribution in [0.25, 0.3) is 0 Å². The Labute approximate surface area is 94.9 Å². The lowest BCUT2D eigenvalue weighted by atomic mass is 10.1. The summed E-state index contributed by atoms with van der Waals surface area (Å²) in [5.41, 5.74) is 1.83. The van der Waals surface area contributed by atoms with Gasteiger partial charge in [-0.3, -0.25) is 0 Å². The summed E-state index contributed by atoms with van der Waals surface area (Å²) in [5, 5.41) is 0.783. The summed E-state index contributed by atoms with van der Waals surface area (Å²) < 4.78 is 0. The molecule has 0 aliphatic heterocycles. The second kappa shape index (κ2) is 6.04. The van der Waals surface area contributed by atoms with E-state index in [4.69, 9.17) is 0 Å². The molecule has 0 aliphatic carbocycles. The third-order valence-corrected chi connectivity index (χ3v) is 2.09. The molecule has 0 unspecified atom stereocenters. The van der Waals surface area contributed by atoms with Crippen molar-refractivity contribution in [2.45, 2.75) is 6.42 Å². The predicted molar refractivity (Wildman–Crippen MR) is 59.5 cm³/mol. The van der Waals surface area contributed by atoms with E-state index in [1.165, 1.54) is 18.2 Å². The number of nitrogens with zero attached hydrogens (tertiary/aromatic N) is 2. The molecular weight excluding hydrogens is 260 g/mol. The van der Waals surface area contributed by atoms with Crippen molar-refractivity contribution in [3.63, 3.8) is 0 Å². The first-order valence-electron chi connectivity index (χ1n) is 4.16. The van der Waals surface area contributed by atoms with Crippen LogP contribution in [0.15, 0.2) is 28.2 Å². The van der Waals surface area contributed by atoms with Gasteiger partial charge in [0.05, 0.1) is 11.4 Å². The number of halogens is 1. The predicted octanol–water partition coefficient (Wildman–Crippen LogP) is 2.56. The molecule has 0 aliphatic rings. The standard InChI is InChI=1S/C10H7BrN2O2/c11-2-1-8-3-9(12-6-14)5-10(4-8)13-7-15/h3-5H,1-2H2. The number of aryl methyl sites for hydroxylation is 1. The highest BCUT2D eigenvalue weighted by atomic mass is 79.9. The molecule has 0 saturated carbocycles. The number of aliphatic imine (C=N–C) groups is 2. The molecule has 1 aromatic rings. The molecule has 0 N–H and O–H groups in total. The minimum Gasteiger partial charge on any atom is -0.211 e. The van der Waals surface area contributed by atoms with Crippen LogP contribution in [0.3, 0.4) is 0 Å². The van der Waals surface area contributed by atoms with Gasteiger partial charge in [0.2, 0.25) is 12.2 Å². The lowest BCUT2D eigenvalue weighted by Gasteiger charge is -2.00. The number of hydrogen-bond donors (Lipinski definition) is 0. The van der Waals surface area contributed by atoms with E-state index in [2.05, 4.69) is 25.9 Å². The fraction of sp³-hybridized carbons (Fsp3) is 0.200. The van der Waals surface area contributed by atoms with Gasteiger partial charge in [-0.05, 0) is 30.2 Å². The maximum atomic E-state index is 10.1. The summed E-state index contributed by atoms with van der Waals surface area (Å²) in [6, 6.07) is 5.01. The van der Waals surface area contributed by atoms with Crippen LogP contribution in [-0.4, -0.2) is 17.5 Å². The molecule has 0 saturated heterocycles. The molecular formula is C10H7BrN2O2. The highest BCUT2D eigenvalue weighted by Crippen LogP contribution is 2.23. The van der Waals surface area contributed by atoms with Gasteiger partial charge in [-0.25, -0.2) is 9.59 Å². The zero-order valence-corrected chi connectivity index (χ0v) is 9.32.